The van der Waals surface area contributed by atoms with Crippen LogP contribution in [0.1, 0.15) is 39.6 Å². The van der Waals surface area contributed by atoms with Gasteiger partial charge in [0.25, 0.3) is 0 Å². The van der Waals surface area contributed by atoms with Crippen molar-refractivity contribution in [3.05, 3.63) is 108 Å². The molecule has 0 aliphatic heterocycles. The van der Waals surface area contributed by atoms with Crippen LogP contribution in [0.3, 0.4) is 0 Å². The lowest BCUT2D eigenvalue weighted by atomic mass is 9.99. The number of carbonyl (C=O) groups excluding carboxylic acids is 2. The molecule has 4 aromatic carbocycles. The number of rotatable bonds is 10. The molecule has 39 heavy (non-hydrogen) atoms. The first kappa shape index (κ1) is 26.7. The molecule has 0 unspecified atom stereocenters. The second-order valence-electron chi connectivity index (χ2n) is 9.36. The minimum absolute atomic E-state index is 0.0233. The van der Waals surface area contributed by atoms with Crippen LogP contribution in [0.25, 0.3) is 21.8 Å². The van der Waals surface area contributed by atoms with Crippen molar-refractivity contribution in [1.82, 2.24) is 4.57 Å². The summed E-state index contributed by atoms with van der Waals surface area (Å²) in [6.45, 7) is 2.87. The number of fused-ring (bicyclic) bond motifs is 3. The third-order valence-electron chi connectivity index (χ3n) is 6.83. The molecule has 0 saturated heterocycles. The number of aryl methyl sites for hydroxylation is 1. The van der Waals surface area contributed by atoms with Crippen molar-refractivity contribution in [3.8, 4) is 0 Å². The average molecular weight is 551 g/mol. The van der Waals surface area contributed by atoms with E-state index in [4.69, 9.17) is 4.84 Å². The van der Waals surface area contributed by atoms with E-state index in [1.165, 1.54) is 17.2 Å². The van der Waals surface area contributed by atoms with Gasteiger partial charge in [0.2, 0.25) is 5.78 Å². The molecule has 0 N–H and O–H groups in total. The molecule has 0 radical (unpaired) electrons. The molecule has 0 spiro atoms. The summed E-state index contributed by atoms with van der Waals surface area (Å²) >= 11 is 1.70. The maximum absolute atomic E-state index is 13.6. The number of nitrogens with zero attached hydrogens (tertiary/aromatic N) is 2. The van der Waals surface area contributed by atoms with E-state index >= 15 is 0 Å². The van der Waals surface area contributed by atoms with E-state index in [9.17, 15) is 9.59 Å². The maximum atomic E-state index is 13.6. The molecule has 196 valence electrons. The second kappa shape index (κ2) is 11.8. The zero-order valence-electron chi connectivity index (χ0n) is 22.3. The molecular weight excluding hydrogens is 521 g/mol. The van der Waals surface area contributed by atoms with Gasteiger partial charge in [-0.05, 0) is 55.5 Å². The van der Waals surface area contributed by atoms with Gasteiger partial charge in [-0.15, -0.1) is 11.8 Å². The van der Waals surface area contributed by atoms with Crippen LogP contribution in [-0.2, 0) is 11.4 Å². The lowest BCUT2D eigenvalue weighted by Crippen LogP contribution is -2.16. The van der Waals surface area contributed by atoms with E-state index in [-0.39, 0.29) is 11.6 Å². The van der Waals surface area contributed by atoms with Crippen molar-refractivity contribution >= 4 is 66.3 Å². The topological polar surface area (TPSA) is 60.7 Å². The van der Waals surface area contributed by atoms with Crippen LogP contribution in [-0.4, -0.2) is 45.0 Å². The second-order valence-corrected chi connectivity index (χ2v) is 11.7. The summed E-state index contributed by atoms with van der Waals surface area (Å²) in [6, 6.07) is 29.4. The standard InChI is InChI=1S/C32H30N2O3SSi/c1-3-34-29-15-9-22(31(35)21-7-5-4-6-8-21)19-26(29)27-20-23(10-16-30(27)34)32(36)28(33-37-2)17-18-38-24-11-13-25(39)14-12-24/h4-16,19-20H,3,17-18H2,1-2,39H3/b33-28+. The molecule has 0 amide bonds. The number of thioether (sulfide) groups is 1. The van der Waals surface area contributed by atoms with E-state index in [0.29, 0.717) is 28.8 Å². The highest BCUT2D eigenvalue weighted by Crippen LogP contribution is 2.32. The van der Waals surface area contributed by atoms with Gasteiger partial charge in [0.1, 0.15) is 12.8 Å². The van der Waals surface area contributed by atoms with Gasteiger partial charge in [-0.25, -0.2) is 0 Å². The summed E-state index contributed by atoms with van der Waals surface area (Å²) in [5.41, 5.74) is 4.28. The Morgan fingerprint density at radius 3 is 2.13 bits per heavy atom. The fraction of sp³-hybridized carbons (Fsp3) is 0.156. The van der Waals surface area contributed by atoms with Crippen molar-refractivity contribution in [2.75, 3.05) is 12.9 Å². The predicted octanol–water partition coefficient (Wildman–Crippen LogP) is 5.40. The Bertz CT molecular complexity index is 1690. The van der Waals surface area contributed by atoms with Crippen molar-refractivity contribution in [2.45, 2.75) is 24.8 Å². The van der Waals surface area contributed by atoms with Crippen LogP contribution < -0.4 is 5.19 Å². The third-order valence-corrected chi connectivity index (χ3v) is 8.51. The Balaban J connectivity index is 1.47. The minimum atomic E-state index is -0.150. The Kier molecular flexibility index (Phi) is 8.09. The predicted molar refractivity (Wildman–Crippen MR) is 165 cm³/mol. The highest BCUT2D eigenvalue weighted by atomic mass is 32.2. The molecule has 5 rings (SSSR count). The first-order chi connectivity index (χ1) is 19.0. The summed E-state index contributed by atoms with van der Waals surface area (Å²) in [7, 11) is 2.50. The summed E-state index contributed by atoms with van der Waals surface area (Å²) < 4.78 is 2.21. The van der Waals surface area contributed by atoms with Crippen molar-refractivity contribution in [3.63, 3.8) is 0 Å². The van der Waals surface area contributed by atoms with Crippen LogP contribution in [0.5, 0.6) is 0 Å². The molecule has 7 heteroatoms. The van der Waals surface area contributed by atoms with Gasteiger partial charge in [0.15, 0.2) is 5.78 Å². The molecule has 0 bridgehead atoms. The summed E-state index contributed by atoms with van der Waals surface area (Å²) in [5.74, 6) is 0.546. The largest absolute Gasteiger partial charge is 0.399 e. The number of oxime groups is 1. The van der Waals surface area contributed by atoms with Crippen molar-refractivity contribution in [2.24, 2.45) is 5.16 Å². The zero-order chi connectivity index (χ0) is 27.4. The number of Topliss-reactive ketones (excluding diaryl/α,β-unsaturated/α-hetero) is 1. The molecule has 0 aliphatic rings. The van der Waals surface area contributed by atoms with Crippen LogP contribution in [0.4, 0.5) is 0 Å². The number of hydrogen-bond donors (Lipinski definition) is 0. The Hall–Kier alpha value is -3.94. The maximum Gasteiger partial charge on any atom is 0.210 e. The van der Waals surface area contributed by atoms with Gasteiger partial charge in [-0.2, -0.15) is 0 Å². The van der Waals surface area contributed by atoms with Crippen LogP contribution in [0.15, 0.2) is 101 Å². The minimum Gasteiger partial charge on any atom is -0.399 e. The number of ketones is 2. The Morgan fingerprint density at radius 1 is 0.846 bits per heavy atom. The molecule has 5 nitrogen and oxygen atoms in total. The van der Waals surface area contributed by atoms with Crippen LogP contribution in [0, 0.1) is 0 Å². The highest BCUT2D eigenvalue weighted by molar-refractivity contribution is 7.99. The normalized spacial score (nSPS) is 11.8. The molecule has 0 saturated carbocycles. The number of benzene rings is 4. The van der Waals surface area contributed by atoms with E-state index < -0.39 is 0 Å². The lowest BCUT2D eigenvalue weighted by Gasteiger charge is -2.07. The molecule has 5 aromatic rings. The number of aromatic nitrogens is 1. The highest BCUT2D eigenvalue weighted by Gasteiger charge is 2.19. The fourth-order valence-corrected chi connectivity index (χ4v) is 6.05. The van der Waals surface area contributed by atoms with E-state index in [2.05, 4.69) is 40.9 Å². The van der Waals surface area contributed by atoms with Crippen LogP contribution in [0.2, 0.25) is 0 Å². The molecular formula is C32H30N2O3SSi. The zero-order valence-corrected chi connectivity index (χ0v) is 25.1. The van der Waals surface area contributed by atoms with Gasteiger partial charge in [-0.3, -0.25) is 9.59 Å². The average Bonchev–Trinajstić information content (AvgIpc) is 3.29. The van der Waals surface area contributed by atoms with E-state index in [1.54, 1.807) is 11.8 Å². The van der Waals surface area contributed by atoms with Crippen molar-refractivity contribution < 1.29 is 14.4 Å². The molecule has 0 aliphatic carbocycles. The van der Waals surface area contributed by atoms with E-state index in [0.717, 1.165) is 44.3 Å². The fourth-order valence-electron chi connectivity index (χ4n) is 4.86. The smallest absolute Gasteiger partial charge is 0.210 e. The first-order valence-corrected chi connectivity index (χ1v) is 15.0. The van der Waals surface area contributed by atoms with Gasteiger partial charge >= 0.3 is 0 Å². The van der Waals surface area contributed by atoms with Gasteiger partial charge in [0.05, 0.1) is 0 Å². The molecule has 0 atom stereocenters. The first-order valence-electron chi connectivity index (χ1n) is 13.0. The van der Waals surface area contributed by atoms with Gasteiger partial charge in [0, 0.05) is 72.4 Å². The molecule has 0 fully saturated rings. The van der Waals surface area contributed by atoms with Crippen molar-refractivity contribution in [1.29, 1.82) is 0 Å². The monoisotopic (exact) mass is 550 g/mol. The van der Waals surface area contributed by atoms with Gasteiger partial charge < -0.3 is 9.40 Å². The van der Waals surface area contributed by atoms with Gasteiger partial charge in [-0.1, -0.05) is 52.8 Å². The summed E-state index contributed by atoms with van der Waals surface area (Å²) in [6.07, 6.45) is 0.491. The SMILES string of the molecule is CCn1c2ccc(C(=O)/C(CCSc3ccc([SiH3])cc3)=N/OC)cc2c2cc(C(=O)c3ccccc3)ccc21. The third kappa shape index (κ3) is 5.60. The summed E-state index contributed by atoms with van der Waals surface area (Å²) in [4.78, 5) is 33.0. The Morgan fingerprint density at radius 2 is 1.49 bits per heavy atom. The van der Waals surface area contributed by atoms with E-state index in [1.807, 2.05) is 66.7 Å². The summed E-state index contributed by atoms with van der Waals surface area (Å²) in [5, 5.41) is 7.33. The molecule has 1 aromatic heterocycles. The Labute approximate surface area is 235 Å². The lowest BCUT2D eigenvalue weighted by molar-refractivity contribution is 0.103. The quantitative estimate of drug-likeness (QED) is 0.0768. The number of carbonyl (C=O) groups is 2. The molecule has 1 heterocycles. The van der Waals surface area contributed by atoms with Crippen LogP contribution >= 0.6 is 11.8 Å². The number of hydrogen-bond acceptors (Lipinski definition) is 5.